The summed E-state index contributed by atoms with van der Waals surface area (Å²) in [4.78, 5) is 43.8. The molecular formula is C48H73ClN2O6. The van der Waals surface area contributed by atoms with Crippen molar-refractivity contribution in [3.05, 3.63) is 46.0 Å². The van der Waals surface area contributed by atoms with E-state index in [1.54, 1.807) is 13.8 Å². The Morgan fingerprint density at radius 2 is 1.58 bits per heavy atom. The molecule has 4 saturated carbocycles. The molecule has 9 heteroatoms. The van der Waals surface area contributed by atoms with Crippen molar-refractivity contribution < 1.29 is 29.3 Å². The quantitative estimate of drug-likeness (QED) is 0.190. The summed E-state index contributed by atoms with van der Waals surface area (Å²) >= 11 is 6.24. The Morgan fingerprint density at radius 1 is 0.912 bits per heavy atom. The Bertz CT molecular complexity index is 1740. The largest absolute Gasteiger partial charge is 0.481 e. The van der Waals surface area contributed by atoms with Gasteiger partial charge in [0.15, 0.2) is 5.78 Å². The number of fused-ring (bicyclic) bond motifs is 7. The summed E-state index contributed by atoms with van der Waals surface area (Å²) in [5.41, 5.74) is 1.54. The van der Waals surface area contributed by atoms with Crippen molar-refractivity contribution in [3.8, 4) is 0 Å². The van der Waals surface area contributed by atoms with Gasteiger partial charge >= 0.3 is 11.9 Å². The number of carbonyl (C=O) groups excluding carboxylic acids is 2. The molecule has 6 rings (SSSR count). The molecule has 0 amide bonds. The van der Waals surface area contributed by atoms with Crippen LogP contribution in [-0.4, -0.2) is 83.7 Å². The SMILES string of the molecule is CC(C)C1=C2[C@H]3CCC4[C@@]5(C)CC[C@H](OC(=O)CC(C)(C)C(=O)O)C(C)(C)C5CC[C@@]4(C)[C@]3(C)CC[C@@]2([C@H](O)CN(CCN(C)C)Cc2ccc(Cl)cc2)CC1=O. The molecule has 0 bridgehead atoms. The number of rotatable bonds is 13. The molecule has 0 spiro atoms. The fourth-order valence-corrected chi connectivity index (χ4v) is 13.9. The average molecular weight is 810 g/mol. The highest BCUT2D eigenvalue weighted by Gasteiger charge is 2.71. The van der Waals surface area contributed by atoms with Gasteiger partial charge in [0.1, 0.15) is 6.10 Å². The molecule has 4 fully saturated rings. The van der Waals surface area contributed by atoms with Crippen LogP contribution in [0.1, 0.15) is 132 Å². The average Bonchev–Trinajstić information content (AvgIpc) is 3.42. The van der Waals surface area contributed by atoms with Crippen molar-refractivity contribution in [2.75, 3.05) is 33.7 Å². The van der Waals surface area contributed by atoms with Crippen molar-refractivity contribution in [2.24, 2.45) is 56.2 Å². The van der Waals surface area contributed by atoms with Gasteiger partial charge in [0.2, 0.25) is 0 Å². The van der Waals surface area contributed by atoms with Crippen LogP contribution in [0.5, 0.6) is 0 Å². The van der Waals surface area contributed by atoms with E-state index in [0.29, 0.717) is 36.4 Å². The zero-order valence-corrected chi connectivity index (χ0v) is 37.7. The minimum atomic E-state index is -1.17. The maximum Gasteiger partial charge on any atom is 0.309 e. The van der Waals surface area contributed by atoms with Crippen molar-refractivity contribution in [2.45, 2.75) is 145 Å². The summed E-state index contributed by atoms with van der Waals surface area (Å²) < 4.78 is 6.20. The van der Waals surface area contributed by atoms with E-state index in [-0.39, 0.29) is 51.8 Å². The molecular weight excluding hydrogens is 736 g/mol. The van der Waals surface area contributed by atoms with E-state index in [0.717, 1.165) is 75.6 Å². The number of hydrogen-bond acceptors (Lipinski definition) is 7. The van der Waals surface area contributed by atoms with E-state index in [2.05, 4.69) is 84.5 Å². The van der Waals surface area contributed by atoms with Crippen LogP contribution in [0, 0.1) is 56.2 Å². The first-order valence-electron chi connectivity index (χ1n) is 21.9. The van der Waals surface area contributed by atoms with Crippen LogP contribution in [0.15, 0.2) is 35.4 Å². The highest BCUT2D eigenvalue weighted by molar-refractivity contribution is 6.30. The Labute approximate surface area is 348 Å². The van der Waals surface area contributed by atoms with Crippen LogP contribution in [0.25, 0.3) is 0 Å². The number of aliphatic hydroxyl groups is 1. The number of benzene rings is 1. The Hall–Kier alpha value is -2.26. The molecule has 57 heavy (non-hydrogen) atoms. The topological polar surface area (TPSA) is 107 Å². The van der Waals surface area contributed by atoms with Crippen LogP contribution < -0.4 is 0 Å². The second-order valence-electron chi connectivity index (χ2n) is 21.7. The number of ether oxygens (including phenoxy) is 1. The molecule has 1 aromatic carbocycles. The maximum atomic E-state index is 14.3. The molecule has 0 heterocycles. The first-order chi connectivity index (χ1) is 26.4. The molecule has 5 aliphatic carbocycles. The van der Waals surface area contributed by atoms with Crippen LogP contribution in [0.2, 0.25) is 5.02 Å². The lowest BCUT2D eigenvalue weighted by Gasteiger charge is -2.72. The number of likely N-dealkylation sites (N-methyl/N-ethyl adjacent to an activating group) is 1. The van der Waals surface area contributed by atoms with Crippen LogP contribution in [0.3, 0.4) is 0 Å². The molecule has 0 aliphatic heterocycles. The van der Waals surface area contributed by atoms with Crippen LogP contribution in [0.4, 0.5) is 0 Å². The maximum absolute atomic E-state index is 14.3. The molecule has 0 aromatic heterocycles. The van der Waals surface area contributed by atoms with Crippen molar-refractivity contribution in [3.63, 3.8) is 0 Å². The zero-order valence-electron chi connectivity index (χ0n) is 37.0. The molecule has 318 valence electrons. The van der Waals surface area contributed by atoms with Crippen molar-refractivity contribution in [1.82, 2.24) is 9.80 Å². The number of carbonyl (C=O) groups is 3. The minimum absolute atomic E-state index is 0.0308. The molecule has 0 radical (unpaired) electrons. The predicted molar refractivity (Wildman–Crippen MR) is 227 cm³/mol. The Balaban J connectivity index is 1.29. The third-order valence-electron chi connectivity index (χ3n) is 17.1. The van der Waals surface area contributed by atoms with Gasteiger partial charge < -0.3 is 19.8 Å². The summed E-state index contributed by atoms with van der Waals surface area (Å²) in [6.45, 7) is 22.6. The smallest absolute Gasteiger partial charge is 0.309 e. The molecule has 2 N–H and O–H groups in total. The molecule has 5 aliphatic rings. The number of aliphatic hydroxyl groups excluding tert-OH is 1. The number of allylic oxidation sites excluding steroid dienone is 1. The highest BCUT2D eigenvalue weighted by Crippen LogP contribution is 2.77. The number of halogens is 1. The standard InChI is InChI=1S/C48H73ClN2O6/c1-30(2)40-34(52)26-48(37(53)29-51(25-24-50(10)11)28-31-12-14-32(49)15-13-31)23-22-46(8)33(41(40)48)16-17-36-45(7)20-19-38(57-39(54)27-43(3,4)42(55)56)44(5,6)35(45)18-21-47(36,46)9/h12-15,30,33,35-38,53H,16-29H2,1-11H3,(H,55,56)/t33-,35?,36?,37-,38+,45+,46-,47-,48+/m1/s1. The number of nitrogens with zero attached hydrogens (tertiary/aromatic N) is 2. The number of hydrogen-bond donors (Lipinski definition) is 2. The van der Waals surface area contributed by atoms with Crippen molar-refractivity contribution in [1.29, 1.82) is 0 Å². The van der Waals surface area contributed by atoms with Gasteiger partial charge in [0, 0.05) is 48.5 Å². The second kappa shape index (κ2) is 15.6. The van der Waals surface area contributed by atoms with E-state index in [1.807, 2.05) is 12.1 Å². The van der Waals surface area contributed by atoms with Gasteiger partial charge in [0.25, 0.3) is 0 Å². The second-order valence-corrected chi connectivity index (χ2v) is 22.2. The summed E-state index contributed by atoms with van der Waals surface area (Å²) in [6.07, 6.45) is 7.13. The van der Waals surface area contributed by atoms with Gasteiger partial charge in [-0.25, -0.2) is 0 Å². The van der Waals surface area contributed by atoms with E-state index < -0.39 is 28.9 Å². The summed E-state index contributed by atoms with van der Waals surface area (Å²) in [5.74, 6) is 0.00261. The van der Waals surface area contributed by atoms with E-state index in [1.165, 1.54) is 5.57 Å². The predicted octanol–water partition coefficient (Wildman–Crippen LogP) is 9.46. The number of carboxylic acids is 1. The zero-order chi connectivity index (χ0) is 42.1. The molecule has 2 unspecified atom stereocenters. The fourth-order valence-electron chi connectivity index (χ4n) is 13.8. The monoisotopic (exact) mass is 809 g/mol. The van der Waals surface area contributed by atoms with Crippen LogP contribution >= 0.6 is 11.6 Å². The molecule has 8 nitrogen and oxygen atoms in total. The number of carboxylic acid groups (broad SMARTS) is 1. The molecule has 1 aromatic rings. The highest BCUT2D eigenvalue weighted by atomic mass is 35.5. The summed E-state index contributed by atoms with van der Waals surface area (Å²) in [6, 6.07) is 8.00. The first-order valence-corrected chi connectivity index (χ1v) is 22.3. The van der Waals surface area contributed by atoms with Gasteiger partial charge in [-0.05, 0) is 142 Å². The Kier molecular flexibility index (Phi) is 12.2. The lowest BCUT2D eigenvalue weighted by Crippen LogP contribution is -2.66. The lowest BCUT2D eigenvalue weighted by atomic mass is 9.33. The third kappa shape index (κ3) is 7.58. The van der Waals surface area contributed by atoms with Crippen molar-refractivity contribution >= 4 is 29.3 Å². The number of ketones is 1. The summed E-state index contributed by atoms with van der Waals surface area (Å²) in [5, 5.41) is 23.0. The Morgan fingerprint density at radius 3 is 2.19 bits per heavy atom. The number of esters is 1. The van der Waals surface area contributed by atoms with Gasteiger partial charge in [-0.2, -0.15) is 0 Å². The van der Waals surface area contributed by atoms with E-state index >= 15 is 0 Å². The first kappa shape index (κ1) is 44.3. The number of Topliss-reactive ketones (excluding diaryl/α,β-unsaturated/α-hetero) is 1. The lowest BCUT2D eigenvalue weighted by molar-refractivity contribution is -0.235. The minimum Gasteiger partial charge on any atom is -0.481 e. The van der Waals surface area contributed by atoms with Gasteiger partial charge in [-0.3, -0.25) is 19.3 Å². The van der Waals surface area contributed by atoms with Gasteiger partial charge in [-0.15, -0.1) is 0 Å². The van der Waals surface area contributed by atoms with E-state index in [4.69, 9.17) is 16.3 Å². The number of aliphatic carboxylic acids is 1. The van der Waals surface area contributed by atoms with E-state index in [9.17, 15) is 24.6 Å². The van der Waals surface area contributed by atoms with Crippen LogP contribution in [-0.2, 0) is 25.7 Å². The van der Waals surface area contributed by atoms with Gasteiger partial charge in [0.05, 0.1) is 17.9 Å². The fraction of sp³-hybridized carbons (Fsp3) is 0.771. The molecule has 9 atom stereocenters. The normalized spacial score (nSPS) is 35.5. The summed E-state index contributed by atoms with van der Waals surface area (Å²) in [7, 11) is 4.17. The van der Waals surface area contributed by atoms with Gasteiger partial charge in [-0.1, -0.05) is 77.8 Å². The third-order valence-corrected chi connectivity index (χ3v) is 17.4. The molecule has 0 saturated heterocycles.